The third-order valence-corrected chi connectivity index (χ3v) is 4.07. The van der Waals surface area contributed by atoms with E-state index < -0.39 is 0 Å². The molecule has 0 bridgehead atoms. The molecule has 0 aliphatic carbocycles. The molecule has 3 nitrogen and oxygen atoms in total. The third kappa shape index (κ3) is 2.60. The van der Waals surface area contributed by atoms with Gasteiger partial charge in [0.05, 0.1) is 0 Å². The first-order valence-electron chi connectivity index (χ1n) is 6.45. The van der Waals surface area contributed by atoms with Crippen molar-refractivity contribution in [3.63, 3.8) is 0 Å². The molecule has 3 rings (SSSR count). The molecule has 0 fully saturated rings. The lowest BCUT2D eigenvalue weighted by Crippen LogP contribution is -2.22. The van der Waals surface area contributed by atoms with Crippen molar-refractivity contribution in [2.45, 2.75) is 12.5 Å². The Bertz CT molecular complexity index is 539. The maximum atomic E-state index is 5.79. The molecular weight excluding hydrogens is 258 g/mol. The van der Waals surface area contributed by atoms with E-state index in [1.807, 2.05) is 19.2 Å². The van der Waals surface area contributed by atoms with Gasteiger partial charge in [0.15, 0.2) is 11.5 Å². The van der Waals surface area contributed by atoms with Crippen LogP contribution in [0.25, 0.3) is 0 Å². The van der Waals surface area contributed by atoms with Crippen LogP contribution in [-0.4, -0.2) is 20.3 Å². The molecule has 19 heavy (non-hydrogen) atoms. The number of thiophene rings is 1. The Balaban J connectivity index is 1.90. The van der Waals surface area contributed by atoms with Crippen LogP contribution in [0.5, 0.6) is 11.5 Å². The minimum absolute atomic E-state index is 0.242. The van der Waals surface area contributed by atoms with Crippen LogP contribution < -0.4 is 14.8 Å². The zero-order valence-corrected chi connectivity index (χ0v) is 11.7. The molecule has 1 atom stereocenters. The lowest BCUT2D eigenvalue weighted by molar-refractivity contribution is 0.168. The third-order valence-electron chi connectivity index (χ3n) is 3.34. The van der Waals surface area contributed by atoms with Crippen molar-refractivity contribution in [1.29, 1.82) is 0 Å². The van der Waals surface area contributed by atoms with Crippen molar-refractivity contribution in [2.75, 3.05) is 20.3 Å². The topological polar surface area (TPSA) is 30.5 Å². The van der Waals surface area contributed by atoms with Crippen molar-refractivity contribution in [3.05, 3.63) is 46.2 Å². The number of nitrogens with one attached hydrogen (secondary N) is 1. The van der Waals surface area contributed by atoms with Gasteiger partial charge in [0.2, 0.25) is 0 Å². The summed E-state index contributed by atoms with van der Waals surface area (Å²) in [5.74, 6) is 1.75. The van der Waals surface area contributed by atoms with Crippen LogP contribution in [0.2, 0.25) is 0 Å². The van der Waals surface area contributed by atoms with E-state index in [4.69, 9.17) is 9.47 Å². The van der Waals surface area contributed by atoms with Crippen LogP contribution in [0.1, 0.15) is 17.2 Å². The second-order valence-corrected chi connectivity index (χ2v) is 5.33. The van der Waals surface area contributed by atoms with Gasteiger partial charge in [-0.3, -0.25) is 0 Å². The van der Waals surface area contributed by atoms with Gasteiger partial charge in [-0.15, -0.1) is 0 Å². The fourth-order valence-electron chi connectivity index (χ4n) is 2.38. The Morgan fingerprint density at radius 3 is 2.95 bits per heavy atom. The molecule has 0 saturated heterocycles. The summed E-state index contributed by atoms with van der Waals surface area (Å²) in [5, 5.41) is 7.68. The van der Waals surface area contributed by atoms with Crippen molar-refractivity contribution < 1.29 is 9.47 Å². The minimum Gasteiger partial charge on any atom is -0.486 e. The van der Waals surface area contributed by atoms with Gasteiger partial charge in [-0.2, -0.15) is 11.3 Å². The molecule has 0 radical (unpaired) electrons. The van der Waals surface area contributed by atoms with Gasteiger partial charge in [-0.1, -0.05) is 12.1 Å². The minimum atomic E-state index is 0.242. The van der Waals surface area contributed by atoms with E-state index in [0.717, 1.165) is 17.9 Å². The summed E-state index contributed by atoms with van der Waals surface area (Å²) in [5.41, 5.74) is 2.52. The summed E-state index contributed by atoms with van der Waals surface area (Å²) in [4.78, 5) is 0. The molecule has 0 spiro atoms. The number of ether oxygens (including phenoxy) is 2. The molecule has 1 aromatic heterocycles. The van der Waals surface area contributed by atoms with Gasteiger partial charge < -0.3 is 14.8 Å². The molecular formula is C15H17NO2S. The number of rotatable bonds is 4. The molecule has 0 saturated carbocycles. The monoisotopic (exact) mass is 275 g/mol. The van der Waals surface area contributed by atoms with E-state index in [2.05, 4.69) is 28.2 Å². The van der Waals surface area contributed by atoms with Crippen LogP contribution in [-0.2, 0) is 6.42 Å². The van der Waals surface area contributed by atoms with E-state index in [9.17, 15) is 0 Å². The van der Waals surface area contributed by atoms with Gasteiger partial charge in [0.1, 0.15) is 13.2 Å². The lowest BCUT2D eigenvalue weighted by Gasteiger charge is -2.25. The fourth-order valence-corrected chi connectivity index (χ4v) is 3.06. The molecule has 4 heteroatoms. The summed E-state index contributed by atoms with van der Waals surface area (Å²) in [6.07, 6.45) is 0.958. The molecule has 2 aromatic rings. The molecule has 1 aromatic carbocycles. The average Bonchev–Trinajstić information content (AvgIpc) is 2.97. The highest BCUT2D eigenvalue weighted by atomic mass is 32.1. The van der Waals surface area contributed by atoms with E-state index in [0.29, 0.717) is 13.2 Å². The van der Waals surface area contributed by atoms with E-state index in [1.165, 1.54) is 11.1 Å². The van der Waals surface area contributed by atoms with Gasteiger partial charge in [-0.05, 0) is 41.9 Å². The summed E-state index contributed by atoms with van der Waals surface area (Å²) < 4.78 is 11.4. The molecule has 1 unspecified atom stereocenters. The summed E-state index contributed by atoms with van der Waals surface area (Å²) in [6.45, 7) is 1.25. The van der Waals surface area contributed by atoms with Crippen LogP contribution in [0.15, 0.2) is 35.0 Å². The molecule has 100 valence electrons. The zero-order chi connectivity index (χ0) is 13.1. The lowest BCUT2D eigenvalue weighted by atomic mass is 9.99. The standard InChI is InChI=1S/C15H17NO2S/c1-16-13(9-11-5-8-19-10-11)12-3-2-4-14-15(12)18-7-6-17-14/h2-5,8,10,13,16H,6-7,9H2,1H3. The first-order valence-corrected chi connectivity index (χ1v) is 7.39. The predicted octanol–water partition coefficient (Wildman–Crippen LogP) is 3.02. The van der Waals surface area contributed by atoms with Crippen molar-refractivity contribution in [3.8, 4) is 11.5 Å². The van der Waals surface area contributed by atoms with Gasteiger partial charge in [0.25, 0.3) is 0 Å². The Morgan fingerprint density at radius 1 is 1.26 bits per heavy atom. The van der Waals surface area contributed by atoms with E-state index >= 15 is 0 Å². The molecule has 1 aliphatic heterocycles. The van der Waals surface area contributed by atoms with Crippen LogP contribution in [0, 0.1) is 0 Å². The highest BCUT2D eigenvalue weighted by molar-refractivity contribution is 7.07. The maximum Gasteiger partial charge on any atom is 0.166 e. The van der Waals surface area contributed by atoms with Gasteiger partial charge >= 0.3 is 0 Å². The van der Waals surface area contributed by atoms with Crippen LogP contribution in [0.3, 0.4) is 0 Å². The molecule has 1 N–H and O–H groups in total. The van der Waals surface area contributed by atoms with Crippen LogP contribution >= 0.6 is 11.3 Å². The average molecular weight is 275 g/mol. The number of hydrogen-bond donors (Lipinski definition) is 1. The SMILES string of the molecule is CNC(Cc1ccsc1)c1cccc2c1OCCO2. The van der Waals surface area contributed by atoms with Gasteiger partial charge in [-0.25, -0.2) is 0 Å². The van der Waals surface area contributed by atoms with E-state index in [-0.39, 0.29) is 6.04 Å². The zero-order valence-electron chi connectivity index (χ0n) is 10.9. The number of hydrogen-bond acceptors (Lipinski definition) is 4. The molecule has 0 amide bonds. The normalized spacial score (nSPS) is 15.2. The Hall–Kier alpha value is -1.52. The molecule has 2 heterocycles. The number of para-hydroxylation sites is 1. The van der Waals surface area contributed by atoms with Crippen molar-refractivity contribution in [1.82, 2.24) is 5.32 Å². The second kappa shape index (κ2) is 5.63. The van der Waals surface area contributed by atoms with E-state index in [1.54, 1.807) is 11.3 Å². The fraction of sp³-hybridized carbons (Fsp3) is 0.333. The Labute approximate surface area is 117 Å². The van der Waals surface area contributed by atoms with Gasteiger partial charge in [0, 0.05) is 11.6 Å². The van der Waals surface area contributed by atoms with Crippen molar-refractivity contribution >= 4 is 11.3 Å². The second-order valence-electron chi connectivity index (χ2n) is 4.55. The maximum absolute atomic E-state index is 5.79. The highest BCUT2D eigenvalue weighted by Gasteiger charge is 2.21. The smallest absolute Gasteiger partial charge is 0.166 e. The first kappa shape index (κ1) is 12.5. The number of benzene rings is 1. The highest BCUT2D eigenvalue weighted by Crippen LogP contribution is 2.37. The van der Waals surface area contributed by atoms with Crippen LogP contribution in [0.4, 0.5) is 0 Å². The summed E-state index contributed by atoms with van der Waals surface area (Å²) in [7, 11) is 1.99. The Morgan fingerprint density at radius 2 is 2.16 bits per heavy atom. The largest absolute Gasteiger partial charge is 0.486 e. The quantitative estimate of drug-likeness (QED) is 0.930. The Kier molecular flexibility index (Phi) is 3.71. The number of fused-ring (bicyclic) bond motifs is 1. The summed E-state index contributed by atoms with van der Waals surface area (Å²) in [6, 6.07) is 8.52. The number of likely N-dealkylation sites (N-methyl/N-ethyl adjacent to an activating group) is 1. The molecule has 1 aliphatic rings. The first-order chi connectivity index (χ1) is 9.38. The summed E-state index contributed by atoms with van der Waals surface area (Å²) >= 11 is 1.73. The van der Waals surface area contributed by atoms with Crippen molar-refractivity contribution in [2.24, 2.45) is 0 Å². The predicted molar refractivity (Wildman–Crippen MR) is 77.3 cm³/mol.